The van der Waals surface area contributed by atoms with E-state index >= 15 is 0 Å². The number of aryl methyl sites for hydroxylation is 1. The highest BCUT2D eigenvalue weighted by Crippen LogP contribution is 2.30. The normalized spacial score (nSPS) is 10.2. The molecule has 0 heterocycles. The summed E-state index contributed by atoms with van der Waals surface area (Å²) in [5, 5.41) is 0.533. The van der Waals surface area contributed by atoms with Gasteiger partial charge < -0.3 is 4.74 Å². The third kappa shape index (κ3) is 2.92. The van der Waals surface area contributed by atoms with Crippen LogP contribution in [0.25, 0.3) is 0 Å². The Balaban J connectivity index is 2.39. The van der Waals surface area contributed by atoms with E-state index in [1.165, 1.54) is 0 Å². The van der Waals surface area contributed by atoms with Crippen LogP contribution in [0.15, 0.2) is 40.9 Å². The standard InChI is InChI=1S/C14H10BrClO2/c1-9-6-11(15)3-5-13(9)18-14-7-12(16)4-2-10(14)8-17/h2-8H,1H3. The Kier molecular flexibility index (Phi) is 4.04. The van der Waals surface area contributed by atoms with E-state index in [2.05, 4.69) is 15.9 Å². The molecule has 0 fully saturated rings. The highest BCUT2D eigenvalue weighted by molar-refractivity contribution is 9.10. The first-order chi connectivity index (χ1) is 8.60. The lowest BCUT2D eigenvalue weighted by molar-refractivity contribution is 0.112. The molecular weight excluding hydrogens is 316 g/mol. The topological polar surface area (TPSA) is 26.3 Å². The van der Waals surface area contributed by atoms with E-state index in [0.717, 1.165) is 16.3 Å². The molecule has 0 aliphatic carbocycles. The number of carbonyl (C=O) groups is 1. The van der Waals surface area contributed by atoms with Gasteiger partial charge in [-0.05, 0) is 42.8 Å². The first-order valence-corrected chi connectivity index (χ1v) is 6.46. The first-order valence-electron chi connectivity index (χ1n) is 5.29. The van der Waals surface area contributed by atoms with Gasteiger partial charge in [-0.1, -0.05) is 27.5 Å². The smallest absolute Gasteiger partial charge is 0.153 e. The molecule has 0 N–H and O–H groups in total. The van der Waals surface area contributed by atoms with E-state index in [4.69, 9.17) is 16.3 Å². The number of aldehydes is 1. The molecule has 0 atom stereocenters. The third-order valence-corrected chi connectivity index (χ3v) is 3.19. The molecule has 0 aliphatic rings. The van der Waals surface area contributed by atoms with Crippen LogP contribution in [0.4, 0.5) is 0 Å². The molecule has 0 spiro atoms. The Labute approximate surface area is 119 Å². The largest absolute Gasteiger partial charge is 0.456 e. The predicted molar refractivity (Wildman–Crippen MR) is 75.8 cm³/mol. The van der Waals surface area contributed by atoms with Crippen LogP contribution in [0.2, 0.25) is 5.02 Å². The highest BCUT2D eigenvalue weighted by Gasteiger charge is 2.07. The number of rotatable bonds is 3. The molecule has 0 bridgehead atoms. The lowest BCUT2D eigenvalue weighted by atomic mass is 10.2. The van der Waals surface area contributed by atoms with Crippen molar-refractivity contribution in [2.45, 2.75) is 6.92 Å². The van der Waals surface area contributed by atoms with Crippen LogP contribution in [-0.2, 0) is 0 Å². The van der Waals surface area contributed by atoms with Crippen LogP contribution in [-0.4, -0.2) is 6.29 Å². The van der Waals surface area contributed by atoms with Crippen molar-refractivity contribution in [3.05, 3.63) is 57.0 Å². The van der Waals surface area contributed by atoms with Gasteiger partial charge in [0.15, 0.2) is 6.29 Å². The zero-order valence-electron chi connectivity index (χ0n) is 9.61. The van der Waals surface area contributed by atoms with E-state index < -0.39 is 0 Å². The molecule has 0 aliphatic heterocycles. The molecule has 0 saturated heterocycles. The van der Waals surface area contributed by atoms with Crippen LogP contribution in [0, 0.1) is 6.92 Å². The number of ether oxygens (including phenoxy) is 1. The fourth-order valence-corrected chi connectivity index (χ4v) is 2.18. The molecule has 2 nitrogen and oxygen atoms in total. The Bertz CT molecular complexity index is 596. The molecule has 4 heteroatoms. The van der Waals surface area contributed by atoms with Crippen molar-refractivity contribution >= 4 is 33.8 Å². The summed E-state index contributed by atoms with van der Waals surface area (Å²) < 4.78 is 6.71. The van der Waals surface area contributed by atoms with Gasteiger partial charge in [0.25, 0.3) is 0 Å². The maximum atomic E-state index is 10.9. The summed E-state index contributed by atoms with van der Waals surface area (Å²) in [6.45, 7) is 1.94. The van der Waals surface area contributed by atoms with Gasteiger partial charge >= 0.3 is 0 Å². The van der Waals surface area contributed by atoms with Crippen LogP contribution < -0.4 is 4.74 Å². The zero-order valence-corrected chi connectivity index (χ0v) is 12.0. The van der Waals surface area contributed by atoms with Crippen molar-refractivity contribution in [3.8, 4) is 11.5 Å². The van der Waals surface area contributed by atoms with Crippen LogP contribution in [0.3, 0.4) is 0 Å². The van der Waals surface area contributed by atoms with Gasteiger partial charge in [-0.2, -0.15) is 0 Å². The van der Waals surface area contributed by atoms with Gasteiger partial charge in [-0.15, -0.1) is 0 Å². The lowest BCUT2D eigenvalue weighted by Crippen LogP contribution is -1.92. The lowest BCUT2D eigenvalue weighted by Gasteiger charge is -2.11. The van der Waals surface area contributed by atoms with Crippen molar-refractivity contribution in [2.75, 3.05) is 0 Å². The minimum Gasteiger partial charge on any atom is -0.456 e. The molecule has 0 unspecified atom stereocenters. The van der Waals surface area contributed by atoms with Crippen molar-refractivity contribution in [2.24, 2.45) is 0 Å². The van der Waals surface area contributed by atoms with E-state index in [1.54, 1.807) is 18.2 Å². The van der Waals surface area contributed by atoms with Crippen molar-refractivity contribution < 1.29 is 9.53 Å². The second-order valence-electron chi connectivity index (χ2n) is 3.81. The number of hydrogen-bond donors (Lipinski definition) is 0. The fourth-order valence-electron chi connectivity index (χ4n) is 1.54. The molecule has 0 radical (unpaired) electrons. The van der Waals surface area contributed by atoms with Gasteiger partial charge in [0.2, 0.25) is 0 Å². The monoisotopic (exact) mass is 324 g/mol. The van der Waals surface area contributed by atoms with E-state index in [0.29, 0.717) is 22.1 Å². The van der Waals surface area contributed by atoms with E-state index in [1.807, 2.05) is 25.1 Å². The zero-order chi connectivity index (χ0) is 13.1. The van der Waals surface area contributed by atoms with Crippen LogP contribution in [0.1, 0.15) is 15.9 Å². The SMILES string of the molecule is Cc1cc(Br)ccc1Oc1cc(Cl)ccc1C=O. The molecular formula is C14H10BrClO2. The minimum absolute atomic E-state index is 0.461. The summed E-state index contributed by atoms with van der Waals surface area (Å²) >= 11 is 9.29. The predicted octanol–water partition coefficient (Wildman–Crippen LogP) is 5.02. The molecule has 0 aromatic heterocycles. The average Bonchev–Trinajstić information content (AvgIpc) is 2.33. The fraction of sp³-hybridized carbons (Fsp3) is 0.0714. The van der Waals surface area contributed by atoms with Crippen molar-refractivity contribution in [3.63, 3.8) is 0 Å². The van der Waals surface area contributed by atoms with Gasteiger partial charge in [0.1, 0.15) is 11.5 Å². The Morgan fingerprint density at radius 3 is 2.61 bits per heavy atom. The molecule has 2 aromatic rings. The Hall–Kier alpha value is -1.32. The van der Waals surface area contributed by atoms with Crippen LogP contribution >= 0.6 is 27.5 Å². The maximum Gasteiger partial charge on any atom is 0.153 e. The van der Waals surface area contributed by atoms with Crippen molar-refractivity contribution in [1.82, 2.24) is 0 Å². The quantitative estimate of drug-likeness (QED) is 0.741. The molecule has 0 amide bonds. The van der Waals surface area contributed by atoms with E-state index in [9.17, 15) is 4.79 Å². The van der Waals surface area contributed by atoms with Crippen molar-refractivity contribution in [1.29, 1.82) is 0 Å². The third-order valence-electron chi connectivity index (χ3n) is 2.46. The molecule has 18 heavy (non-hydrogen) atoms. The summed E-state index contributed by atoms with van der Waals surface area (Å²) in [6.07, 6.45) is 0.750. The molecule has 92 valence electrons. The maximum absolute atomic E-state index is 10.9. The van der Waals surface area contributed by atoms with Gasteiger partial charge in [0.05, 0.1) is 5.56 Å². The summed E-state index contributed by atoms with van der Waals surface area (Å²) in [7, 11) is 0. The van der Waals surface area contributed by atoms with Gasteiger partial charge in [-0.3, -0.25) is 4.79 Å². The second-order valence-corrected chi connectivity index (χ2v) is 5.16. The Morgan fingerprint density at radius 1 is 1.17 bits per heavy atom. The number of benzene rings is 2. The summed E-state index contributed by atoms with van der Waals surface area (Å²) in [5.41, 5.74) is 1.45. The second kappa shape index (κ2) is 5.55. The summed E-state index contributed by atoms with van der Waals surface area (Å²) in [5.74, 6) is 1.16. The first kappa shape index (κ1) is 13.1. The molecule has 0 saturated carbocycles. The number of hydrogen-bond acceptors (Lipinski definition) is 2. The Morgan fingerprint density at radius 2 is 1.94 bits per heavy atom. The number of carbonyl (C=O) groups excluding carboxylic acids is 1. The van der Waals surface area contributed by atoms with Gasteiger partial charge in [-0.25, -0.2) is 0 Å². The summed E-state index contributed by atoms with van der Waals surface area (Å²) in [6, 6.07) is 10.6. The summed E-state index contributed by atoms with van der Waals surface area (Å²) in [4.78, 5) is 10.9. The average molecular weight is 326 g/mol. The van der Waals surface area contributed by atoms with Crippen LogP contribution in [0.5, 0.6) is 11.5 Å². The van der Waals surface area contributed by atoms with Gasteiger partial charge in [0, 0.05) is 15.6 Å². The van der Waals surface area contributed by atoms with E-state index in [-0.39, 0.29) is 0 Å². The molecule has 2 aromatic carbocycles. The minimum atomic E-state index is 0.461. The highest BCUT2D eigenvalue weighted by atomic mass is 79.9. The molecule has 2 rings (SSSR count). The number of halogens is 2.